The second-order valence-corrected chi connectivity index (χ2v) is 5.40. The molecule has 6 nitrogen and oxygen atoms in total. The van der Waals surface area contributed by atoms with Gasteiger partial charge < -0.3 is 9.64 Å². The van der Waals surface area contributed by atoms with Crippen molar-refractivity contribution in [2.75, 3.05) is 13.1 Å². The molecule has 1 amide bonds. The summed E-state index contributed by atoms with van der Waals surface area (Å²) >= 11 is 0. The van der Waals surface area contributed by atoms with Crippen LogP contribution in [0.3, 0.4) is 0 Å². The van der Waals surface area contributed by atoms with Gasteiger partial charge in [-0.25, -0.2) is 4.68 Å². The lowest BCUT2D eigenvalue weighted by molar-refractivity contribution is -0.199. The van der Waals surface area contributed by atoms with Gasteiger partial charge in [-0.15, -0.1) is 0 Å². The number of hydrogen-bond acceptors (Lipinski definition) is 4. The van der Waals surface area contributed by atoms with Crippen molar-refractivity contribution in [1.29, 1.82) is 0 Å². The Kier molecular flexibility index (Phi) is 4.66. The molecule has 0 bridgehead atoms. The summed E-state index contributed by atoms with van der Waals surface area (Å²) in [5.41, 5.74) is 1.00. The zero-order valence-electron chi connectivity index (χ0n) is 12.6. The van der Waals surface area contributed by atoms with E-state index in [9.17, 15) is 18.4 Å². The summed E-state index contributed by atoms with van der Waals surface area (Å²) in [6.45, 7) is -2.90. The predicted molar refractivity (Wildman–Crippen MR) is 81.4 cm³/mol. The number of rotatable bonds is 5. The number of nitrogens with zero attached hydrogens (tertiary/aromatic N) is 3. The third kappa shape index (κ3) is 3.65. The number of halogens is 2. The van der Waals surface area contributed by atoms with E-state index in [0.717, 1.165) is 10.2 Å². The molecule has 3 rings (SSSR count). The normalized spacial score (nSPS) is 14.7. The molecule has 0 N–H and O–H groups in total. The average molecular weight is 335 g/mol. The fourth-order valence-electron chi connectivity index (χ4n) is 2.43. The molecule has 0 atom stereocenters. The van der Waals surface area contributed by atoms with E-state index >= 15 is 0 Å². The molecule has 126 valence electrons. The Morgan fingerprint density at radius 1 is 1.21 bits per heavy atom. The van der Waals surface area contributed by atoms with E-state index in [-0.39, 0.29) is 25.5 Å². The van der Waals surface area contributed by atoms with Crippen LogP contribution in [-0.2, 0) is 16.1 Å². The van der Waals surface area contributed by atoms with Crippen LogP contribution in [0.15, 0.2) is 47.3 Å². The van der Waals surface area contributed by atoms with Gasteiger partial charge in [-0.1, -0.05) is 30.3 Å². The van der Waals surface area contributed by atoms with Gasteiger partial charge in [0.25, 0.3) is 5.56 Å². The van der Waals surface area contributed by atoms with E-state index in [0.29, 0.717) is 5.69 Å². The zero-order chi connectivity index (χ0) is 17.1. The molecule has 1 fully saturated rings. The Bertz CT molecular complexity index is 774. The molecule has 2 heterocycles. The molecule has 0 saturated carbocycles. The molecule has 1 aliphatic heterocycles. The molecule has 1 aromatic heterocycles. The van der Waals surface area contributed by atoms with Crippen LogP contribution in [0.5, 0.6) is 0 Å². The van der Waals surface area contributed by atoms with Gasteiger partial charge in [0.2, 0.25) is 5.91 Å². The van der Waals surface area contributed by atoms with Crippen LogP contribution < -0.4 is 5.56 Å². The van der Waals surface area contributed by atoms with Crippen molar-refractivity contribution in [1.82, 2.24) is 14.7 Å². The van der Waals surface area contributed by atoms with Gasteiger partial charge in [0.1, 0.15) is 6.54 Å². The van der Waals surface area contributed by atoms with Crippen LogP contribution in [0, 0.1) is 0 Å². The number of alkyl halides is 2. The molecule has 8 heteroatoms. The minimum atomic E-state index is -2.85. The van der Waals surface area contributed by atoms with E-state index in [2.05, 4.69) is 9.84 Å². The summed E-state index contributed by atoms with van der Waals surface area (Å²) in [6, 6.07) is 12.2. The van der Waals surface area contributed by atoms with Crippen LogP contribution in [0.25, 0.3) is 11.3 Å². The first kappa shape index (κ1) is 16.3. The van der Waals surface area contributed by atoms with Gasteiger partial charge in [0, 0.05) is 24.7 Å². The first-order valence-electron chi connectivity index (χ1n) is 7.38. The van der Waals surface area contributed by atoms with Gasteiger partial charge >= 0.3 is 6.61 Å². The molecule has 1 aliphatic rings. The van der Waals surface area contributed by atoms with Gasteiger partial charge in [-0.2, -0.15) is 13.9 Å². The average Bonchev–Trinajstić information content (AvgIpc) is 2.53. The monoisotopic (exact) mass is 335 g/mol. The maximum atomic E-state index is 12.1. The summed E-state index contributed by atoms with van der Waals surface area (Å²) in [4.78, 5) is 25.3. The van der Waals surface area contributed by atoms with Crippen LogP contribution in [0.4, 0.5) is 8.78 Å². The third-order valence-corrected chi connectivity index (χ3v) is 3.72. The van der Waals surface area contributed by atoms with Crippen LogP contribution in [0.1, 0.15) is 0 Å². The first-order valence-corrected chi connectivity index (χ1v) is 7.38. The van der Waals surface area contributed by atoms with Crippen molar-refractivity contribution < 1.29 is 18.3 Å². The number of carbonyl (C=O) groups excluding carboxylic acids is 1. The zero-order valence-corrected chi connectivity index (χ0v) is 12.6. The van der Waals surface area contributed by atoms with Crippen LogP contribution >= 0.6 is 0 Å². The van der Waals surface area contributed by atoms with Crippen molar-refractivity contribution in [3.63, 3.8) is 0 Å². The summed E-state index contributed by atoms with van der Waals surface area (Å²) in [7, 11) is 0. The van der Waals surface area contributed by atoms with E-state index in [4.69, 9.17) is 0 Å². The second-order valence-electron chi connectivity index (χ2n) is 5.40. The molecular formula is C16H15F2N3O3. The molecule has 0 spiro atoms. The quantitative estimate of drug-likeness (QED) is 0.828. The number of likely N-dealkylation sites (tertiary alicyclic amines) is 1. The van der Waals surface area contributed by atoms with E-state index in [1.165, 1.54) is 11.0 Å². The Balaban J connectivity index is 1.67. The maximum Gasteiger partial charge on any atom is 0.345 e. The summed E-state index contributed by atoms with van der Waals surface area (Å²) in [5.74, 6) is -0.357. The van der Waals surface area contributed by atoms with E-state index in [1.807, 2.05) is 30.3 Å². The first-order chi connectivity index (χ1) is 11.5. The number of aromatic nitrogens is 2. The fourth-order valence-corrected chi connectivity index (χ4v) is 2.43. The number of benzene rings is 1. The smallest absolute Gasteiger partial charge is 0.336 e. The topological polar surface area (TPSA) is 64.4 Å². The fraction of sp³-hybridized carbons (Fsp3) is 0.312. The third-order valence-electron chi connectivity index (χ3n) is 3.72. The van der Waals surface area contributed by atoms with E-state index in [1.54, 1.807) is 6.07 Å². The highest BCUT2D eigenvalue weighted by molar-refractivity contribution is 5.77. The molecule has 0 aliphatic carbocycles. The van der Waals surface area contributed by atoms with Crippen LogP contribution in [0.2, 0.25) is 0 Å². The van der Waals surface area contributed by atoms with Crippen molar-refractivity contribution >= 4 is 5.91 Å². The molecule has 2 aromatic rings. The van der Waals surface area contributed by atoms with Gasteiger partial charge in [-0.05, 0) is 6.07 Å². The van der Waals surface area contributed by atoms with Crippen molar-refractivity contribution in [3.8, 4) is 11.3 Å². The lowest BCUT2D eigenvalue weighted by atomic mass is 10.1. The van der Waals surface area contributed by atoms with E-state index < -0.39 is 18.3 Å². The molecule has 1 saturated heterocycles. The standard InChI is InChI=1S/C16H15F2N3O3/c17-16(18)24-12-8-20(9-12)15(23)10-21-14(22)7-6-13(19-21)11-4-2-1-3-5-11/h1-7,12,16H,8-10H2. The lowest BCUT2D eigenvalue weighted by Gasteiger charge is -2.38. The molecule has 0 unspecified atom stereocenters. The van der Waals surface area contributed by atoms with Gasteiger partial charge in [0.05, 0.1) is 11.8 Å². The van der Waals surface area contributed by atoms with Gasteiger partial charge in [-0.3, -0.25) is 9.59 Å². The van der Waals surface area contributed by atoms with Crippen LogP contribution in [-0.4, -0.2) is 46.4 Å². The Hall–Kier alpha value is -2.61. The molecule has 1 aromatic carbocycles. The molecule has 24 heavy (non-hydrogen) atoms. The molecular weight excluding hydrogens is 320 g/mol. The highest BCUT2D eigenvalue weighted by atomic mass is 19.3. The number of hydrogen-bond donors (Lipinski definition) is 0. The maximum absolute atomic E-state index is 12.1. The highest BCUT2D eigenvalue weighted by Crippen LogP contribution is 2.16. The largest absolute Gasteiger partial charge is 0.345 e. The predicted octanol–water partition coefficient (Wildman–Crippen LogP) is 1.36. The number of carbonyl (C=O) groups is 1. The second kappa shape index (κ2) is 6.88. The minimum absolute atomic E-state index is 0.0936. The number of amides is 1. The minimum Gasteiger partial charge on any atom is -0.336 e. The van der Waals surface area contributed by atoms with Crippen molar-refractivity contribution in [2.45, 2.75) is 19.3 Å². The Labute approximate surface area is 136 Å². The Morgan fingerprint density at radius 3 is 2.58 bits per heavy atom. The summed E-state index contributed by atoms with van der Waals surface area (Å²) in [6.07, 6.45) is -0.658. The Morgan fingerprint density at radius 2 is 1.92 bits per heavy atom. The van der Waals surface area contributed by atoms with Crippen molar-refractivity contribution in [3.05, 3.63) is 52.8 Å². The number of ether oxygens (including phenoxy) is 1. The van der Waals surface area contributed by atoms with Gasteiger partial charge in [0.15, 0.2) is 0 Å². The molecule has 0 radical (unpaired) electrons. The van der Waals surface area contributed by atoms with Crippen molar-refractivity contribution in [2.24, 2.45) is 0 Å². The SMILES string of the molecule is O=C(Cn1nc(-c2ccccc2)ccc1=O)N1CC(OC(F)F)C1. The lowest BCUT2D eigenvalue weighted by Crippen LogP contribution is -2.56. The summed E-state index contributed by atoms with van der Waals surface area (Å²) < 4.78 is 29.5. The highest BCUT2D eigenvalue weighted by Gasteiger charge is 2.33. The summed E-state index contributed by atoms with van der Waals surface area (Å²) in [5, 5.41) is 4.20.